The number of pyridine rings is 1. The molecule has 38 heavy (non-hydrogen) atoms. The van der Waals surface area contributed by atoms with E-state index >= 15 is 0 Å². The van der Waals surface area contributed by atoms with Gasteiger partial charge in [-0.2, -0.15) is 4.98 Å². The van der Waals surface area contributed by atoms with Gasteiger partial charge in [0.25, 0.3) is 17.4 Å². The van der Waals surface area contributed by atoms with Crippen molar-refractivity contribution in [3.05, 3.63) is 39.9 Å². The summed E-state index contributed by atoms with van der Waals surface area (Å²) in [7, 11) is 0. The maximum absolute atomic E-state index is 13.3. The van der Waals surface area contributed by atoms with Crippen molar-refractivity contribution in [3.8, 4) is 0 Å². The standard InChI is InChI=1S/C25H34N8O5/c1-15(2)33-13-16(11-18(23(33)36)22(35)31-8-4-3-5-9-31)29-21-19(20(26)34)12-28-25(30-21)32-10-6-7-17(14-32)38-24(27)37/h11-13,15,17H,3-10,14H2,1-2H3,(H2,26,34)(H2,27,37)(H,28,29,30)/t17-/m0/s1. The van der Waals surface area contributed by atoms with Crippen LogP contribution in [0.15, 0.2) is 23.3 Å². The summed E-state index contributed by atoms with van der Waals surface area (Å²) in [6.45, 7) is 5.85. The molecule has 3 amide bonds. The zero-order chi connectivity index (χ0) is 27.4. The van der Waals surface area contributed by atoms with E-state index in [9.17, 15) is 19.2 Å². The van der Waals surface area contributed by atoms with Gasteiger partial charge in [-0.1, -0.05) is 0 Å². The molecule has 5 N–H and O–H groups in total. The molecule has 0 saturated carbocycles. The molecule has 0 unspecified atom stereocenters. The Kier molecular flexibility index (Phi) is 8.13. The van der Waals surface area contributed by atoms with Gasteiger partial charge >= 0.3 is 6.09 Å². The van der Waals surface area contributed by atoms with Gasteiger partial charge in [-0.05, 0) is 52.0 Å². The van der Waals surface area contributed by atoms with Crippen molar-refractivity contribution >= 4 is 35.4 Å². The fraction of sp³-hybridized carbons (Fsp3) is 0.520. The van der Waals surface area contributed by atoms with Crippen molar-refractivity contribution in [1.82, 2.24) is 19.4 Å². The van der Waals surface area contributed by atoms with Crippen molar-refractivity contribution in [3.63, 3.8) is 0 Å². The van der Waals surface area contributed by atoms with Crippen LogP contribution in [0.25, 0.3) is 0 Å². The Morgan fingerprint density at radius 1 is 1.08 bits per heavy atom. The van der Waals surface area contributed by atoms with Crippen LogP contribution in [0.1, 0.15) is 72.7 Å². The Hall–Kier alpha value is -4.16. The van der Waals surface area contributed by atoms with Crippen molar-refractivity contribution in [2.24, 2.45) is 11.5 Å². The molecule has 1 atom stereocenters. The Balaban J connectivity index is 1.69. The van der Waals surface area contributed by atoms with Gasteiger partial charge in [0.15, 0.2) is 0 Å². The van der Waals surface area contributed by atoms with Gasteiger partial charge in [0, 0.05) is 38.1 Å². The van der Waals surface area contributed by atoms with Crippen LogP contribution in [0.2, 0.25) is 0 Å². The third kappa shape index (κ3) is 6.03. The summed E-state index contributed by atoms with van der Waals surface area (Å²) in [6, 6.07) is 1.27. The second-order valence-corrected chi connectivity index (χ2v) is 9.87. The quantitative estimate of drug-likeness (QED) is 0.484. The highest BCUT2D eigenvalue weighted by atomic mass is 16.6. The number of nitrogens with one attached hydrogen (secondary N) is 1. The fourth-order valence-corrected chi connectivity index (χ4v) is 4.79. The van der Waals surface area contributed by atoms with Crippen LogP contribution in [-0.4, -0.2) is 69.6 Å². The lowest BCUT2D eigenvalue weighted by Gasteiger charge is -2.32. The smallest absolute Gasteiger partial charge is 0.404 e. The molecule has 2 aliphatic heterocycles. The molecule has 0 spiro atoms. The van der Waals surface area contributed by atoms with Gasteiger partial charge in [-0.25, -0.2) is 9.78 Å². The Labute approximate surface area is 220 Å². The van der Waals surface area contributed by atoms with Gasteiger partial charge in [-0.3, -0.25) is 14.4 Å². The summed E-state index contributed by atoms with van der Waals surface area (Å²) in [5, 5.41) is 3.08. The normalized spacial score (nSPS) is 17.8. The van der Waals surface area contributed by atoms with Crippen LogP contribution in [0.3, 0.4) is 0 Å². The third-order valence-electron chi connectivity index (χ3n) is 6.72. The summed E-state index contributed by atoms with van der Waals surface area (Å²) in [5.74, 6) is -0.627. The fourth-order valence-electron chi connectivity index (χ4n) is 4.79. The van der Waals surface area contributed by atoms with Crippen molar-refractivity contribution in [1.29, 1.82) is 0 Å². The van der Waals surface area contributed by atoms with E-state index in [1.807, 2.05) is 18.7 Å². The molecule has 2 aromatic heterocycles. The molecule has 2 aromatic rings. The maximum Gasteiger partial charge on any atom is 0.404 e. The molecule has 4 rings (SSSR count). The first-order valence-electron chi connectivity index (χ1n) is 12.8. The van der Waals surface area contributed by atoms with Gasteiger partial charge in [0.2, 0.25) is 5.95 Å². The van der Waals surface area contributed by atoms with Crippen LogP contribution >= 0.6 is 0 Å². The van der Waals surface area contributed by atoms with E-state index in [0.717, 1.165) is 25.7 Å². The molecular formula is C25H34N8O5. The summed E-state index contributed by atoms with van der Waals surface area (Å²) < 4.78 is 6.62. The van der Waals surface area contributed by atoms with Gasteiger partial charge in [0.05, 0.1) is 12.2 Å². The number of carbonyl (C=O) groups excluding carboxylic acids is 3. The number of nitrogens with zero attached hydrogens (tertiary/aromatic N) is 5. The van der Waals surface area contributed by atoms with E-state index < -0.39 is 18.1 Å². The molecule has 0 bridgehead atoms. The Morgan fingerprint density at radius 3 is 2.47 bits per heavy atom. The van der Waals surface area contributed by atoms with E-state index in [0.29, 0.717) is 44.2 Å². The summed E-state index contributed by atoms with van der Waals surface area (Å²) >= 11 is 0. The van der Waals surface area contributed by atoms with Gasteiger partial charge in [-0.15, -0.1) is 0 Å². The first-order valence-corrected chi connectivity index (χ1v) is 12.8. The molecule has 0 aliphatic carbocycles. The SMILES string of the molecule is CC(C)n1cc(Nc2nc(N3CCC[C@H](OC(N)=O)C3)ncc2C(N)=O)cc(C(=O)N2CCCCC2)c1=O. The zero-order valence-electron chi connectivity index (χ0n) is 21.7. The first kappa shape index (κ1) is 26.9. The molecule has 2 saturated heterocycles. The maximum atomic E-state index is 13.3. The summed E-state index contributed by atoms with van der Waals surface area (Å²) in [5.41, 5.74) is 10.9. The predicted molar refractivity (Wildman–Crippen MR) is 141 cm³/mol. The second-order valence-electron chi connectivity index (χ2n) is 9.87. The molecule has 13 heteroatoms. The number of likely N-dealkylation sites (tertiary alicyclic amines) is 1. The van der Waals surface area contributed by atoms with Crippen molar-refractivity contribution < 1.29 is 19.1 Å². The number of hydrogen-bond donors (Lipinski definition) is 3. The first-order chi connectivity index (χ1) is 18.1. The van der Waals surface area contributed by atoms with Crippen LogP contribution in [0.4, 0.5) is 22.2 Å². The lowest BCUT2D eigenvalue weighted by Crippen LogP contribution is -2.42. The topological polar surface area (TPSA) is 179 Å². The molecule has 0 radical (unpaired) electrons. The average molecular weight is 527 g/mol. The molecule has 2 fully saturated rings. The van der Waals surface area contributed by atoms with E-state index in [2.05, 4.69) is 15.3 Å². The number of rotatable bonds is 7. The molecule has 204 valence electrons. The third-order valence-corrected chi connectivity index (χ3v) is 6.72. The predicted octanol–water partition coefficient (Wildman–Crippen LogP) is 1.75. The second kappa shape index (κ2) is 11.5. The summed E-state index contributed by atoms with van der Waals surface area (Å²) in [6.07, 6.45) is 5.89. The van der Waals surface area contributed by atoms with Crippen molar-refractivity contribution in [2.75, 3.05) is 36.4 Å². The monoisotopic (exact) mass is 526 g/mol. The highest BCUT2D eigenvalue weighted by Crippen LogP contribution is 2.25. The lowest BCUT2D eigenvalue weighted by atomic mass is 10.1. The average Bonchev–Trinajstić information content (AvgIpc) is 2.89. The minimum absolute atomic E-state index is 0.0434. The molecule has 4 heterocycles. The van der Waals surface area contributed by atoms with Crippen LogP contribution < -0.4 is 27.2 Å². The summed E-state index contributed by atoms with van der Waals surface area (Å²) in [4.78, 5) is 62.2. The number of ether oxygens (including phenoxy) is 1. The highest BCUT2D eigenvalue weighted by molar-refractivity contribution is 5.98. The van der Waals surface area contributed by atoms with E-state index in [1.165, 1.54) is 16.8 Å². The minimum Gasteiger partial charge on any atom is -0.445 e. The number of carbonyl (C=O) groups is 3. The molecule has 13 nitrogen and oxygen atoms in total. The molecule has 2 aliphatic rings. The lowest BCUT2D eigenvalue weighted by molar-refractivity contribution is 0.0721. The van der Waals surface area contributed by atoms with Crippen LogP contribution in [0, 0.1) is 0 Å². The number of anilines is 3. The van der Waals surface area contributed by atoms with Crippen LogP contribution in [-0.2, 0) is 4.74 Å². The number of hydrogen-bond acceptors (Lipinski definition) is 9. The largest absolute Gasteiger partial charge is 0.445 e. The Bertz CT molecular complexity index is 1270. The van der Waals surface area contributed by atoms with E-state index in [1.54, 1.807) is 11.1 Å². The molecular weight excluding hydrogens is 492 g/mol. The molecule has 0 aromatic carbocycles. The van der Waals surface area contributed by atoms with E-state index in [-0.39, 0.29) is 34.5 Å². The van der Waals surface area contributed by atoms with E-state index in [4.69, 9.17) is 16.2 Å². The Morgan fingerprint density at radius 2 is 1.82 bits per heavy atom. The number of amides is 3. The highest BCUT2D eigenvalue weighted by Gasteiger charge is 2.26. The van der Waals surface area contributed by atoms with Crippen molar-refractivity contribution in [2.45, 2.75) is 58.1 Å². The minimum atomic E-state index is -0.848. The number of piperidine rings is 2. The number of primary amides is 2. The van der Waals surface area contributed by atoms with Gasteiger partial charge in [0.1, 0.15) is 23.0 Å². The number of aromatic nitrogens is 3. The van der Waals surface area contributed by atoms with Gasteiger partial charge < -0.3 is 35.9 Å². The number of nitrogens with two attached hydrogens (primary N) is 2. The van der Waals surface area contributed by atoms with Crippen LogP contribution in [0.5, 0.6) is 0 Å². The zero-order valence-corrected chi connectivity index (χ0v) is 21.7.